The first-order chi connectivity index (χ1) is 17.8. The van der Waals surface area contributed by atoms with Gasteiger partial charge in [0.1, 0.15) is 15.9 Å². The number of rotatable bonds is 12. The largest absolute Gasteiger partial charge is 0.480 e. The van der Waals surface area contributed by atoms with Crippen LogP contribution in [0, 0.1) is 12.8 Å². The van der Waals surface area contributed by atoms with Gasteiger partial charge in [-0.3, -0.25) is 4.79 Å². The number of nitrogens with one attached hydrogen (secondary N) is 2. The Balaban J connectivity index is 1.83. The molecule has 0 heterocycles. The van der Waals surface area contributed by atoms with E-state index in [1.807, 2.05) is 43.3 Å². The van der Waals surface area contributed by atoms with Gasteiger partial charge in [-0.25, -0.2) is 13.2 Å². The Morgan fingerprint density at radius 1 is 1.05 bits per heavy atom. The van der Waals surface area contributed by atoms with Crippen LogP contribution in [0.2, 0.25) is 0 Å². The first kappa shape index (κ1) is 29.8. The van der Waals surface area contributed by atoms with E-state index in [1.165, 1.54) is 32.1 Å². The van der Waals surface area contributed by atoms with Crippen molar-refractivity contribution in [3.8, 4) is 11.1 Å². The van der Waals surface area contributed by atoms with E-state index in [1.54, 1.807) is 6.07 Å². The minimum Gasteiger partial charge on any atom is -0.480 e. The second-order valence-corrected chi connectivity index (χ2v) is 13.7. The zero-order valence-corrected chi connectivity index (χ0v) is 23.9. The van der Waals surface area contributed by atoms with E-state index >= 15 is 0 Å². The molecular weight excluding hydrogens is 500 g/mol. The van der Waals surface area contributed by atoms with E-state index in [2.05, 4.69) is 24.5 Å². The highest BCUT2D eigenvalue weighted by atomic mass is 32.2. The molecule has 38 heavy (non-hydrogen) atoms. The van der Waals surface area contributed by atoms with Gasteiger partial charge in [0, 0.05) is 23.9 Å². The molecule has 3 rings (SSSR count). The molecule has 0 aliphatic heterocycles. The third kappa shape index (κ3) is 8.95. The number of aryl methyl sites for hydroxylation is 1. The lowest BCUT2D eigenvalue weighted by Gasteiger charge is -2.33. The summed E-state index contributed by atoms with van der Waals surface area (Å²) in [6.45, 7) is 7.11. The molecule has 0 bridgehead atoms. The highest BCUT2D eigenvalue weighted by Crippen LogP contribution is 2.31. The molecule has 7 nitrogen and oxygen atoms in total. The molecule has 208 valence electrons. The highest BCUT2D eigenvalue weighted by Gasteiger charge is 2.26. The predicted octanol–water partition coefficient (Wildman–Crippen LogP) is 5.12. The molecule has 1 atom stereocenters. The first-order valence-electron chi connectivity index (χ1n) is 13.5. The van der Waals surface area contributed by atoms with Gasteiger partial charge in [0.15, 0.2) is 0 Å². The van der Waals surface area contributed by atoms with E-state index in [0.29, 0.717) is 12.1 Å². The van der Waals surface area contributed by atoms with Crippen LogP contribution in [-0.2, 0) is 21.2 Å². The Bertz CT molecular complexity index is 1230. The minimum absolute atomic E-state index is 0.0186. The number of carboxylic acid groups (broad SMARTS) is 1. The van der Waals surface area contributed by atoms with E-state index in [0.717, 1.165) is 40.8 Å². The number of carbonyl (C=O) groups excluding carboxylic acids is 1. The lowest BCUT2D eigenvalue weighted by atomic mass is 9.81. The number of amides is 1. The van der Waals surface area contributed by atoms with Crippen molar-refractivity contribution in [1.29, 1.82) is 0 Å². The maximum absolute atomic E-state index is 13.3. The Labute approximate surface area is 227 Å². The van der Waals surface area contributed by atoms with Crippen molar-refractivity contribution in [3.63, 3.8) is 0 Å². The number of carbonyl (C=O) groups is 2. The summed E-state index contributed by atoms with van der Waals surface area (Å²) in [5, 5.41) is 15.8. The highest BCUT2D eigenvalue weighted by molar-refractivity contribution is 7.90. The van der Waals surface area contributed by atoms with E-state index in [9.17, 15) is 23.1 Å². The number of hydrogen-bond acceptors (Lipinski definition) is 5. The third-order valence-corrected chi connectivity index (χ3v) is 8.42. The van der Waals surface area contributed by atoms with Crippen LogP contribution < -0.4 is 10.6 Å². The molecular formula is C30H42N2O5S. The van der Waals surface area contributed by atoms with Crippen LogP contribution in [0.1, 0.15) is 80.3 Å². The minimum atomic E-state index is -3.37. The topological polar surface area (TPSA) is 113 Å². The average molecular weight is 543 g/mol. The zero-order chi connectivity index (χ0) is 27.9. The maximum Gasteiger partial charge on any atom is 0.326 e. The van der Waals surface area contributed by atoms with Gasteiger partial charge in [-0.1, -0.05) is 62.4 Å². The van der Waals surface area contributed by atoms with Crippen molar-refractivity contribution in [2.24, 2.45) is 5.92 Å². The van der Waals surface area contributed by atoms with Crippen molar-refractivity contribution >= 4 is 21.7 Å². The van der Waals surface area contributed by atoms with Crippen LogP contribution in [0.5, 0.6) is 0 Å². The molecule has 3 N–H and O–H groups in total. The van der Waals surface area contributed by atoms with Crippen LogP contribution in [0.25, 0.3) is 11.1 Å². The van der Waals surface area contributed by atoms with Gasteiger partial charge in [-0.05, 0) is 73.9 Å². The molecule has 0 saturated heterocycles. The Hall–Kier alpha value is -2.71. The van der Waals surface area contributed by atoms with E-state index in [4.69, 9.17) is 0 Å². The summed E-state index contributed by atoms with van der Waals surface area (Å²) in [5.41, 5.74) is 3.98. The van der Waals surface area contributed by atoms with Gasteiger partial charge >= 0.3 is 5.97 Å². The number of aliphatic carboxylic acids is 1. The fraction of sp³-hybridized carbons (Fsp3) is 0.533. The summed E-state index contributed by atoms with van der Waals surface area (Å²) in [7, 11) is -3.37. The molecule has 1 fully saturated rings. The van der Waals surface area contributed by atoms with Gasteiger partial charge in [-0.2, -0.15) is 0 Å². The summed E-state index contributed by atoms with van der Waals surface area (Å²) < 4.78 is 23.1. The fourth-order valence-corrected chi connectivity index (χ4v) is 6.01. The second kappa shape index (κ2) is 12.9. The number of benzene rings is 2. The average Bonchev–Trinajstić information content (AvgIpc) is 2.85. The number of hydrogen-bond donors (Lipinski definition) is 3. The Morgan fingerprint density at radius 3 is 2.37 bits per heavy atom. The molecule has 0 unspecified atom stereocenters. The first-order valence-corrected chi connectivity index (χ1v) is 15.6. The summed E-state index contributed by atoms with van der Waals surface area (Å²) >= 11 is 0. The SMILES string of the molecule is Cc1ccccc1-c1cc(CNC(C)(C)CC2CCCCC2)ccc1C(=O)N[C@@H](CCS(C)(=O)=O)C(=O)O. The lowest BCUT2D eigenvalue weighted by molar-refractivity contribution is -0.139. The van der Waals surface area contributed by atoms with Crippen molar-refractivity contribution in [2.75, 3.05) is 12.0 Å². The summed E-state index contributed by atoms with van der Waals surface area (Å²) in [6, 6.07) is 12.1. The third-order valence-electron chi connectivity index (χ3n) is 7.44. The summed E-state index contributed by atoms with van der Waals surface area (Å²) in [4.78, 5) is 25.1. The van der Waals surface area contributed by atoms with Crippen LogP contribution in [0.3, 0.4) is 0 Å². The van der Waals surface area contributed by atoms with Crippen LogP contribution in [0.15, 0.2) is 42.5 Å². The molecule has 2 aromatic carbocycles. The summed E-state index contributed by atoms with van der Waals surface area (Å²) in [5.74, 6) is -1.37. The molecule has 0 radical (unpaired) electrons. The quantitative estimate of drug-likeness (QED) is 0.343. The van der Waals surface area contributed by atoms with Crippen LogP contribution in [-0.4, -0.2) is 49.0 Å². The van der Waals surface area contributed by atoms with Crippen molar-refractivity contribution in [3.05, 3.63) is 59.2 Å². The maximum atomic E-state index is 13.3. The van der Waals surface area contributed by atoms with Gasteiger partial charge in [0.2, 0.25) is 0 Å². The van der Waals surface area contributed by atoms with E-state index < -0.39 is 27.8 Å². The summed E-state index contributed by atoms with van der Waals surface area (Å²) in [6.07, 6.45) is 8.56. The van der Waals surface area contributed by atoms with Crippen LogP contribution >= 0.6 is 0 Å². The van der Waals surface area contributed by atoms with Gasteiger partial charge in [0.05, 0.1) is 5.75 Å². The number of sulfone groups is 1. The molecule has 0 spiro atoms. The lowest BCUT2D eigenvalue weighted by Crippen LogP contribution is -2.42. The normalized spacial score (nSPS) is 15.7. The Kier molecular flexibility index (Phi) is 10.1. The second-order valence-electron chi connectivity index (χ2n) is 11.4. The van der Waals surface area contributed by atoms with Crippen molar-refractivity contribution in [1.82, 2.24) is 10.6 Å². The van der Waals surface area contributed by atoms with E-state index in [-0.39, 0.29) is 17.7 Å². The molecule has 0 aromatic heterocycles. The Morgan fingerprint density at radius 2 is 1.74 bits per heavy atom. The van der Waals surface area contributed by atoms with Gasteiger partial charge in [0.25, 0.3) is 5.91 Å². The molecule has 8 heteroatoms. The zero-order valence-electron chi connectivity index (χ0n) is 23.0. The van der Waals surface area contributed by atoms with Crippen molar-refractivity contribution < 1.29 is 23.1 Å². The fourth-order valence-electron chi connectivity index (χ4n) is 5.35. The van der Waals surface area contributed by atoms with Gasteiger partial charge in [-0.15, -0.1) is 0 Å². The molecule has 1 saturated carbocycles. The molecule has 1 amide bonds. The van der Waals surface area contributed by atoms with Crippen LogP contribution in [0.4, 0.5) is 0 Å². The molecule has 1 aliphatic rings. The number of carboxylic acids is 1. The van der Waals surface area contributed by atoms with Crippen molar-refractivity contribution in [2.45, 2.75) is 83.8 Å². The molecule has 2 aromatic rings. The standard InChI is InChI=1S/C30H42N2O5S/c1-21-10-8-9-13-24(21)26-18-23(20-31-30(2,3)19-22-11-6-5-7-12-22)14-15-25(26)28(33)32-27(29(34)35)16-17-38(4,36)37/h8-10,13-15,18,22,27,31H,5-7,11-12,16-17,19-20H2,1-4H3,(H,32,33)(H,34,35)/t27-/m0/s1. The predicted molar refractivity (Wildman–Crippen MR) is 152 cm³/mol. The smallest absolute Gasteiger partial charge is 0.326 e. The molecule has 1 aliphatic carbocycles. The monoisotopic (exact) mass is 542 g/mol. The van der Waals surface area contributed by atoms with Gasteiger partial charge < -0.3 is 15.7 Å².